The molecule has 8 nitrogen and oxygen atoms in total. The second kappa shape index (κ2) is 8.09. The highest BCUT2D eigenvalue weighted by Crippen LogP contribution is 2.42. The van der Waals surface area contributed by atoms with Gasteiger partial charge in [-0.05, 0) is 43.2 Å². The molecule has 0 bridgehead atoms. The van der Waals surface area contributed by atoms with E-state index in [-0.39, 0.29) is 22.5 Å². The van der Waals surface area contributed by atoms with E-state index in [9.17, 15) is 14.0 Å². The molecule has 0 radical (unpaired) electrons. The molecule has 2 aliphatic rings. The molecule has 3 heterocycles. The Morgan fingerprint density at radius 3 is 2.47 bits per heavy atom. The first-order valence-corrected chi connectivity index (χ1v) is 11.8. The molecule has 4 aromatic rings. The van der Waals surface area contributed by atoms with Crippen molar-refractivity contribution in [2.45, 2.75) is 18.4 Å². The van der Waals surface area contributed by atoms with E-state index in [1.807, 2.05) is 19.3 Å². The summed E-state index contributed by atoms with van der Waals surface area (Å²) in [5.41, 5.74) is 0.691. The van der Waals surface area contributed by atoms with E-state index in [0.717, 1.165) is 12.8 Å². The van der Waals surface area contributed by atoms with Crippen molar-refractivity contribution in [3.05, 3.63) is 64.5 Å². The Labute approximate surface area is 206 Å². The summed E-state index contributed by atoms with van der Waals surface area (Å²) < 4.78 is 34.6. The summed E-state index contributed by atoms with van der Waals surface area (Å²) in [4.78, 5) is 29.5. The molecule has 186 valence electrons. The van der Waals surface area contributed by atoms with Gasteiger partial charge in [-0.25, -0.2) is 4.39 Å². The monoisotopic (exact) mass is 491 g/mol. The van der Waals surface area contributed by atoms with Gasteiger partial charge in [-0.15, -0.1) is 0 Å². The van der Waals surface area contributed by atoms with Crippen LogP contribution in [0.3, 0.4) is 0 Å². The van der Waals surface area contributed by atoms with Crippen LogP contribution in [0.2, 0.25) is 0 Å². The number of methoxy groups -OCH3 is 2. The highest BCUT2D eigenvalue weighted by Gasteiger charge is 2.48. The smallest absolute Gasteiger partial charge is 0.263 e. The number of rotatable bonds is 4. The number of ether oxygens (including phenoxy) is 3. The van der Waals surface area contributed by atoms with Crippen molar-refractivity contribution in [3.8, 4) is 17.2 Å². The second-order valence-corrected chi connectivity index (χ2v) is 9.51. The largest absolute Gasteiger partial charge is 0.493 e. The molecule has 0 N–H and O–H groups in total. The Morgan fingerprint density at radius 1 is 1.06 bits per heavy atom. The lowest BCUT2D eigenvalue weighted by molar-refractivity contribution is -0.0375. The third-order valence-corrected chi connectivity index (χ3v) is 7.30. The van der Waals surface area contributed by atoms with Crippen LogP contribution >= 0.6 is 0 Å². The number of morpholine rings is 1. The molecule has 2 fully saturated rings. The van der Waals surface area contributed by atoms with E-state index >= 15 is 0 Å². The average Bonchev–Trinajstić information content (AvgIpc) is 3.53. The molecule has 1 amide bonds. The Hall–Kier alpha value is -3.85. The molecule has 1 spiro atoms. The van der Waals surface area contributed by atoms with Crippen LogP contribution in [0, 0.1) is 5.82 Å². The van der Waals surface area contributed by atoms with Gasteiger partial charge in [-0.1, -0.05) is 0 Å². The van der Waals surface area contributed by atoms with Gasteiger partial charge in [-0.2, -0.15) is 0 Å². The van der Waals surface area contributed by atoms with Crippen molar-refractivity contribution in [2.24, 2.45) is 7.05 Å². The molecule has 9 heteroatoms. The van der Waals surface area contributed by atoms with Crippen LogP contribution in [0.5, 0.6) is 11.5 Å². The Bertz CT molecular complexity index is 1600. The summed E-state index contributed by atoms with van der Waals surface area (Å²) in [5, 5.41) is 1.43. The van der Waals surface area contributed by atoms with E-state index in [2.05, 4.69) is 0 Å². The standard InChI is InChI=1S/C27H26FN3O5/c1-29-7-4-17-21(29)10-16(28)11-22(17)31-14-20(25(32)30-8-9-36-27(15-30)5-6-27)18-12-23(34-2)24(35-3)13-19(18)26(31)33/h4,7,10-14H,5-6,8-9,15H2,1-3H3. The number of halogens is 1. The van der Waals surface area contributed by atoms with E-state index in [4.69, 9.17) is 14.2 Å². The van der Waals surface area contributed by atoms with Gasteiger partial charge >= 0.3 is 0 Å². The quantitative estimate of drug-likeness (QED) is 0.436. The van der Waals surface area contributed by atoms with Gasteiger partial charge in [0.05, 0.1) is 55.1 Å². The third kappa shape index (κ3) is 3.45. The first kappa shape index (κ1) is 22.6. The normalized spacial score (nSPS) is 16.6. The topological polar surface area (TPSA) is 74.9 Å². The van der Waals surface area contributed by atoms with Crippen molar-refractivity contribution in [2.75, 3.05) is 33.9 Å². The zero-order valence-corrected chi connectivity index (χ0v) is 20.3. The fraction of sp³-hybridized carbons (Fsp3) is 0.333. The van der Waals surface area contributed by atoms with Gasteiger partial charge in [-0.3, -0.25) is 14.2 Å². The maximum absolute atomic E-state index is 14.7. The summed E-state index contributed by atoms with van der Waals surface area (Å²) in [6, 6.07) is 7.80. The predicted octanol–water partition coefficient (Wildman–Crippen LogP) is 3.64. The van der Waals surface area contributed by atoms with Crippen LogP contribution in [-0.2, 0) is 11.8 Å². The Balaban J connectivity index is 1.62. The maximum atomic E-state index is 14.7. The van der Waals surface area contributed by atoms with Crippen molar-refractivity contribution in [3.63, 3.8) is 0 Å². The van der Waals surface area contributed by atoms with Crippen molar-refractivity contribution in [1.82, 2.24) is 14.0 Å². The SMILES string of the molecule is COc1cc2c(C(=O)N3CCOC4(CC4)C3)cn(-c3cc(F)cc4c3ccn4C)c(=O)c2cc1OC. The molecular formula is C27H26FN3O5. The van der Waals surface area contributed by atoms with Gasteiger partial charge < -0.3 is 23.7 Å². The summed E-state index contributed by atoms with van der Waals surface area (Å²) in [6.07, 6.45) is 5.19. The number of fused-ring (bicyclic) bond motifs is 2. The Kier molecular flexibility index (Phi) is 5.08. The first-order chi connectivity index (χ1) is 17.3. The molecule has 6 rings (SSSR count). The predicted molar refractivity (Wildman–Crippen MR) is 133 cm³/mol. The lowest BCUT2D eigenvalue weighted by Crippen LogP contribution is -2.47. The highest BCUT2D eigenvalue weighted by atomic mass is 19.1. The number of carbonyl (C=O) groups is 1. The van der Waals surface area contributed by atoms with Crippen LogP contribution in [0.1, 0.15) is 23.2 Å². The van der Waals surface area contributed by atoms with Gasteiger partial charge in [0.1, 0.15) is 5.82 Å². The van der Waals surface area contributed by atoms with Crippen LogP contribution in [-0.4, -0.2) is 59.5 Å². The first-order valence-electron chi connectivity index (χ1n) is 11.8. The summed E-state index contributed by atoms with van der Waals surface area (Å²) in [5.74, 6) is 0.0882. The molecule has 0 atom stereocenters. The average molecular weight is 492 g/mol. The number of benzene rings is 2. The van der Waals surface area contributed by atoms with E-state index in [0.29, 0.717) is 58.7 Å². The van der Waals surface area contributed by atoms with Crippen LogP contribution < -0.4 is 15.0 Å². The van der Waals surface area contributed by atoms with Gasteiger partial charge in [0.25, 0.3) is 11.5 Å². The summed E-state index contributed by atoms with van der Waals surface area (Å²) in [7, 11) is 4.80. The zero-order valence-electron chi connectivity index (χ0n) is 20.3. The minimum atomic E-state index is -0.477. The molecule has 1 aliphatic carbocycles. The fourth-order valence-corrected chi connectivity index (χ4v) is 5.16. The second-order valence-electron chi connectivity index (χ2n) is 9.51. The molecule has 36 heavy (non-hydrogen) atoms. The zero-order chi connectivity index (χ0) is 25.2. The Morgan fingerprint density at radius 2 is 1.78 bits per heavy atom. The number of pyridine rings is 1. The van der Waals surface area contributed by atoms with Gasteiger partial charge in [0.15, 0.2) is 11.5 Å². The number of carbonyl (C=O) groups excluding carboxylic acids is 1. The summed E-state index contributed by atoms with van der Waals surface area (Å²) >= 11 is 0. The van der Waals surface area contributed by atoms with Gasteiger partial charge in [0.2, 0.25) is 0 Å². The molecule has 1 saturated carbocycles. The van der Waals surface area contributed by atoms with Gasteiger partial charge in [0, 0.05) is 36.8 Å². The molecule has 1 aliphatic heterocycles. The fourth-order valence-electron chi connectivity index (χ4n) is 5.16. The minimum Gasteiger partial charge on any atom is -0.493 e. The highest BCUT2D eigenvalue weighted by molar-refractivity contribution is 6.07. The van der Waals surface area contributed by atoms with E-state index in [1.165, 1.54) is 37.1 Å². The van der Waals surface area contributed by atoms with Crippen molar-refractivity contribution in [1.29, 1.82) is 0 Å². The lowest BCUT2D eigenvalue weighted by Gasteiger charge is -2.33. The van der Waals surface area contributed by atoms with E-state index < -0.39 is 5.82 Å². The number of hydrogen-bond acceptors (Lipinski definition) is 5. The molecule has 0 unspecified atom stereocenters. The van der Waals surface area contributed by atoms with E-state index in [1.54, 1.807) is 21.6 Å². The van der Waals surface area contributed by atoms with Crippen molar-refractivity contribution < 1.29 is 23.4 Å². The molecular weight excluding hydrogens is 465 g/mol. The lowest BCUT2D eigenvalue weighted by atomic mass is 10.0. The maximum Gasteiger partial charge on any atom is 0.263 e. The molecule has 1 saturated heterocycles. The van der Waals surface area contributed by atoms with Crippen LogP contribution in [0.15, 0.2) is 47.5 Å². The number of nitrogens with zero attached hydrogens (tertiary/aromatic N) is 3. The van der Waals surface area contributed by atoms with Crippen LogP contribution in [0.25, 0.3) is 27.4 Å². The number of hydrogen-bond donors (Lipinski definition) is 0. The molecule has 2 aromatic heterocycles. The molecule has 2 aromatic carbocycles. The number of aromatic nitrogens is 2. The van der Waals surface area contributed by atoms with Crippen molar-refractivity contribution >= 4 is 27.6 Å². The van der Waals surface area contributed by atoms with Crippen LogP contribution in [0.4, 0.5) is 4.39 Å². The third-order valence-electron chi connectivity index (χ3n) is 7.30. The minimum absolute atomic E-state index is 0.212. The summed E-state index contributed by atoms with van der Waals surface area (Å²) in [6.45, 7) is 1.43. The number of aryl methyl sites for hydroxylation is 1. The number of amides is 1.